The van der Waals surface area contributed by atoms with Crippen LogP contribution in [0.2, 0.25) is 5.02 Å². The molecule has 0 saturated heterocycles. The summed E-state index contributed by atoms with van der Waals surface area (Å²) >= 11 is 6.09. The maximum absolute atomic E-state index is 13.5. The van der Waals surface area contributed by atoms with E-state index in [4.69, 9.17) is 21.1 Å². The Morgan fingerprint density at radius 3 is 2.65 bits per heavy atom. The Bertz CT molecular complexity index is 1190. The van der Waals surface area contributed by atoms with Gasteiger partial charge in [-0.2, -0.15) is 10.1 Å². The first-order chi connectivity index (χ1) is 15.1. The van der Waals surface area contributed by atoms with Crippen molar-refractivity contribution >= 4 is 23.3 Å². The molecule has 8 heteroatoms. The van der Waals surface area contributed by atoms with Crippen LogP contribution in [0.5, 0.6) is 11.5 Å². The number of Topliss-reactive ketones (excluding diaryl/α,β-unsaturated/α-hetero) is 1. The van der Waals surface area contributed by atoms with Crippen LogP contribution in [-0.2, 0) is 4.79 Å². The zero-order valence-electron chi connectivity index (χ0n) is 17.1. The molecule has 3 aromatic rings. The molecule has 0 saturated carbocycles. The largest absolute Gasteiger partial charge is 0.497 e. The molecule has 1 aromatic heterocycles. The van der Waals surface area contributed by atoms with Crippen molar-refractivity contribution in [2.24, 2.45) is 0 Å². The number of aromatic nitrogens is 3. The van der Waals surface area contributed by atoms with E-state index in [1.165, 1.54) is 6.33 Å². The van der Waals surface area contributed by atoms with E-state index >= 15 is 0 Å². The zero-order valence-corrected chi connectivity index (χ0v) is 17.9. The number of rotatable bonds is 4. The smallest absolute Gasteiger partial charge is 0.226 e. The Morgan fingerprint density at radius 1 is 1.10 bits per heavy atom. The molecule has 31 heavy (non-hydrogen) atoms. The fraction of sp³-hybridized carbons (Fsp3) is 0.261. The number of hydrogen-bond acceptors (Lipinski definition) is 6. The number of halogens is 1. The number of allylic oxidation sites excluding steroid dienone is 2. The van der Waals surface area contributed by atoms with Gasteiger partial charge in [0, 0.05) is 34.7 Å². The van der Waals surface area contributed by atoms with E-state index in [2.05, 4.69) is 15.4 Å². The molecule has 1 aliphatic heterocycles. The summed E-state index contributed by atoms with van der Waals surface area (Å²) in [7, 11) is 3.25. The van der Waals surface area contributed by atoms with Crippen molar-refractivity contribution in [3.8, 4) is 11.5 Å². The number of carbonyl (C=O) groups excluding carboxylic acids is 1. The number of benzene rings is 2. The maximum atomic E-state index is 13.5. The maximum Gasteiger partial charge on any atom is 0.226 e. The number of ketones is 1. The van der Waals surface area contributed by atoms with Crippen molar-refractivity contribution in [3.05, 3.63) is 76.2 Å². The topological polar surface area (TPSA) is 78.3 Å². The van der Waals surface area contributed by atoms with Gasteiger partial charge in [-0.25, -0.2) is 4.68 Å². The van der Waals surface area contributed by atoms with Gasteiger partial charge in [0.15, 0.2) is 5.78 Å². The lowest BCUT2D eigenvalue weighted by Crippen LogP contribution is -2.33. The van der Waals surface area contributed by atoms with Gasteiger partial charge < -0.3 is 14.8 Å². The van der Waals surface area contributed by atoms with Crippen LogP contribution < -0.4 is 14.8 Å². The number of hydrogen-bond donors (Lipinski definition) is 1. The van der Waals surface area contributed by atoms with Crippen LogP contribution in [-0.4, -0.2) is 34.8 Å². The van der Waals surface area contributed by atoms with E-state index in [9.17, 15) is 4.79 Å². The lowest BCUT2D eigenvalue weighted by atomic mass is 9.77. The minimum absolute atomic E-state index is 0.0139. The molecular weight excluding hydrogens is 416 g/mol. The molecular formula is C23H21ClN4O3. The summed E-state index contributed by atoms with van der Waals surface area (Å²) in [5.74, 6) is 2.12. The van der Waals surface area contributed by atoms with Crippen LogP contribution in [0.15, 0.2) is 60.1 Å². The van der Waals surface area contributed by atoms with E-state index in [1.54, 1.807) is 18.9 Å². The first kappa shape index (κ1) is 19.6. The van der Waals surface area contributed by atoms with Crippen LogP contribution >= 0.6 is 11.6 Å². The van der Waals surface area contributed by atoms with E-state index < -0.39 is 0 Å². The molecule has 1 N–H and O–H groups in total. The number of fused-ring (bicyclic) bond motifs is 1. The highest BCUT2D eigenvalue weighted by molar-refractivity contribution is 6.30. The van der Waals surface area contributed by atoms with E-state index in [-0.39, 0.29) is 17.7 Å². The molecule has 2 atom stereocenters. The summed E-state index contributed by atoms with van der Waals surface area (Å²) in [5.41, 5.74) is 3.53. The molecule has 5 rings (SSSR count). The summed E-state index contributed by atoms with van der Waals surface area (Å²) in [6.07, 6.45) is 2.55. The Labute approximate surface area is 184 Å². The SMILES string of the molecule is COc1ccc([C@@H]2CC(=O)C3=C(C2)Nc2ncnn2[C@H]3c2ccc(Cl)cc2)c(OC)c1. The zero-order chi connectivity index (χ0) is 21.5. The van der Waals surface area contributed by atoms with E-state index in [1.807, 2.05) is 42.5 Å². The van der Waals surface area contributed by atoms with Gasteiger partial charge in [0.05, 0.1) is 14.2 Å². The second-order valence-electron chi connectivity index (χ2n) is 7.64. The molecule has 2 aliphatic rings. The van der Waals surface area contributed by atoms with Crippen LogP contribution in [0.4, 0.5) is 5.95 Å². The van der Waals surface area contributed by atoms with Crippen molar-refractivity contribution in [2.45, 2.75) is 24.8 Å². The lowest BCUT2D eigenvalue weighted by molar-refractivity contribution is -0.116. The highest BCUT2D eigenvalue weighted by Gasteiger charge is 2.39. The first-order valence-electron chi connectivity index (χ1n) is 9.99. The fourth-order valence-electron chi connectivity index (χ4n) is 4.48. The van der Waals surface area contributed by atoms with Crippen LogP contribution in [0.3, 0.4) is 0 Å². The van der Waals surface area contributed by atoms with Crippen molar-refractivity contribution in [1.29, 1.82) is 0 Å². The lowest BCUT2D eigenvalue weighted by Gasteiger charge is -2.35. The van der Waals surface area contributed by atoms with Crippen molar-refractivity contribution < 1.29 is 14.3 Å². The third kappa shape index (κ3) is 3.35. The van der Waals surface area contributed by atoms with Gasteiger partial charge in [-0.3, -0.25) is 4.79 Å². The van der Waals surface area contributed by atoms with Gasteiger partial charge in [0.2, 0.25) is 5.95 Å². The number of anilines is 1. The quantitative estimate of drug-likeness (QED) is 0.654. The number of ether oxygens (including phenoxy) is 2. The van der Waals surface area contributed by atoms with E-state index in [0.29, 0.717) is 29.6 Å². The van der Waals surface area contributed by atoms with Gasteiger partial charge in [-0.15, -0.1) is 0 Å². The Hall–Kier alpha value is -3.32. The normalized spacial score (nSPS) is 20.0. The van der Waals surface area contributed by atoms with Gasteiger partial charge >= 0.3 is 0 Å². The number of nitrogens with one attached hydrogen (secondary N) is 1. The average Bonchev–Trinajstić information content (AvgIpc) is 3.26. The molecule has 2 aromatic carbocycles. The van der Waals surface area contributed by atoms with Crippen LogP contribution in [0, 0.1) is 0 Å². The van der Waals surface area contributed by atoms with Crippen LogP contribution in [0.25, 0.3) is 0 Å². The molecule has 0 bridgehead atoms. The van der Waals surface area contributed by atoms with Gasteiger partial charge in [-0.1, -0.05) is 29.8 Å². The summed E-state index contributed by atoms with van der Waals surface area (Å²) in [5, 5.41) is 8.36. The predicted octanol–water partition coefficient (Wildman–Crippen LogP) is 4.36. The minimum atomic E-state index is -0.336. The highest BCUT2D eigenvalue weighted by Crippen LogP contribution is 2.45. The summed E-state index contributed by atoms with van der Waals surface area (Å²) < 4.78 is 12.7. The fourth-order valence-corrected chi connectivity index (χ4v) is 4.61. The standard InChI is InChI=1S/C23H21ClN4O3/c1-30-16-7-8-17(20(11-16)31-2)14-9-18-21(19(29)10-14)22(13-3-5-15(24)6-4-13)28-23(27-18)25-12-26-28/h3-8,11-12,14,22H,9-10H2,1-2H3,(H,25,26,27)/t14-,22-/m0/s1. The second kappa shape index (κ2) is 7.74. The summed E-state index contributed by atoms with van der Waals surface area (Å²) in [4.78, 5) is 17.8. The molecule has 0 amide bonds. The Morgan fingerprint density at radius 2 is 1.90 bits per heavy atom. The van der Waals surface area contributed by atoms with Crippen molar-refractivity contribution in [2.75, 3.05) is 19.5 Å². The number of methoxy groups -OCH3 is 2. The number of nitrogens with zero attached hydrogens (tertiary/aromatic N) is 3. The van der Waals surface area contributed by atoms with E-state index in [0.717, 1.165) is 28.1 Å². The van der Waals surface area contributed by atoms with Gasteiger partial charge in [0.25, 0.3) is 0 Å². The number of carbonyl (C=O) groups is 1. The molecule has 0 unspecified atom stereocenters. The molecule has 0 fully saturated rings. The minimum Gasteiger partial charge on any atom is -0.497 e. The third-order valence-electron chi connectivity index (χ3n) is 5.93. The monoisotopic (exact) mass is 436 g/mol. The third-order valence-corrected chi connectivity index (χ3v) is 6.18. The average molecular weight is 437 g/mol. The Kier molecular flexibility index (Phi) is 4.90. The summed E-state index contributed by atoms with van der Waals surface area (Å²) in [6, 6.07) is 12.9. The molecule has 0 radical (unpaired) electrons. The van der Waals surface area contributed by atoms with Gasteiger partial charge in [0.1, 0.15) is 23.9 Å². The molecule has 7 nitrogen and oxygen atoms in total. The molecule has 158 valence electrons. The summed E-state index contributed by atoms with van der Waals surface area (Å²) in [6.45, 7) is 0. The molecule has 2 heterocycles. The predicted molar refractivity (Wildman–Crippen MR) is 117 cm³/mol. The molecule has 1 aliphatic carbocycles. The Balaban J connectivity index is 1.57. The van der Waals surface area contributed by atoms with Crippen molar-refractivity contribution in [1.82, 2.24) is 14.8 Å². The first-order valence-corrected chi connectivity index (χ1v) is 10.4. The van der Waals surface area contributed by atoms with Gasteiger partial charge in [-0.05, 0) is 35.7 Å². The second-order valence-corrected chi connectivity index (χ2v) is 8.07. The highest BCUT2D eigenvalue weighted by atomic mass is 35.5. The van der Waals surface area contributed by atoms with Crippen LogP contribution in [0.1, 0.15) is 35.9 Å². The van der Waals surface area contributed by atoms with Crippen molar-refractivity contribution in [3.63, 3.8) is 0 Å². The molecule has 0 spiro atoms.